The van der Waals surface area contributed by atoms with E-state index in [1.807, 2.05) is 49.7 Å². The molecule has 3 rings (SSSR count). The monoisotopic (exact) mass is 280 g/mol. The number of para-hydroxylation sites is 1. The van der Waals surface area contributed by atoms with Gasteiger partial charge in [0.2, 0.25) is 5.43 Å². The number of nitrogens with zero attached hydrogens (tertiary/aromatic N) is 2. The van der Waals surface area contributed by atoms with E-state index in [0.717, 1.165) is 12.1 Å². The van der Waals surface area contributed by atoms with Crippen LogP contribution in [0.25, 0.3) is 10.9 Å². The van der Waals surface area contributed by atoms with E-state index < -0.39 is 0 Å². The molecule has 0 spiro atoms. The molecule has 0 amide bonds. The van der Waals surface area contributed by atoms with E-state index in [0.29, 0.717) is 17.0 Å². The number of benzene rings is 1. The third-order valence-electron chi connectivity index (χ3n) is 3.55. The third-order valence-corrected chi connectivity index (χ3v) is 3.55. The Kier molecular flexibility index (Phi) is 3.33. The minimum atomic E-state index is -0.138. The molecule has 0 bridgehead atoms. The molecule has 0 radical (unpaired) electrons. The average molecular weight is 280 g/mol. The first-order chi connectivity index (χ1) is 9.94. The summed E-state index contributed by atoms with van der Waals surface area (Å²) in [6.07, 6.45) is 2.51. The quantitative estimate of drug-likeness (QED) is 0.792. The van der Waals surface area contributed by atoms with Crippen molar-refractivity contribution in [3.05, 3.63) is 40.2 Å². The first-order valence-corrected chi connectivity index (χ1v) is 7.47. The van der Waals surface area contributed by atoms with E-state index in [-0.39, 0.29) is 10.8 Å². The van der Waals surface area contributed by atoms with Crippen LogP contribution in [0, 0.1) is 23.2 Å². The molecule has 1 aromatic carbocycles. The van der Waals surface area contributed by atoms with Gasteiger partial charge in [-0.05, 0) is 57.6 Å². The molecule has 0 aliphatic heterocycles. The highest BCUT2D eigenvalue weighted by molar-refractivity contribution is 5.79. The number of rotatable bonds is 2. The molecule has 21 heavy (non-hydrogen) atoms. The average Bonchev–Trinajstić information content (AvgIpc) is 3.24. The minimum absolute atomic E-state index is 0.0607. The molecule has 0 atom stereocenters. The van der Waals surface area contributed by atoms with E-state index in [9.17, 15) is 4.79 Å². The molecule has 108 valence electrons. The molecule has 3 heteroatoms. The normalized spacial score (nSPS) is 14.8. The summed E-state index contributed by atoms with van der Waals surface area (Å²) in [5.41, 5.74) is 1.08. The first-order valence-electron chi connectivity index (χ1n) is 7.47. The standard InChI is InChI=1S/C18H20N2O/c1-18(2,3)11-10-15-17(21)14-6-4-5-7-16(14)20(19-15)12-13-8-9-13/h4-7,13H,8-9,12H2,1-3H3. The lowest BCUT2D eigenvalue weighted by atomic mass is 9.98. The van der Waals surface area contributed by atoms with Crippen molar-refractivity contribution in [3.63, 3.8) is 0 Å². The maximum atomic E-state index is 12.5. The number of hydrogen-bond donors (Lipinski definition) is 0. The Morgan fingerprint density at radius 2 is 2.00 bits per heavy atom. The highest BCUT2D eigenvalue weighted by atomic mass is 16.1. The van der Waals surface area contributed by atoms with E-state index >= 15 is 0 Å². The van der Waals surface area contributed by atoms with Crippen molar-refractivity contribution in [2.75, 3.05) is 0 Å². The fourth-order valence-corrected chi connectivity index (χ4v) is 2.25. The van der Waals surface area contributed by atoms with Gasteiger partial charge in [-0.25, -0.2) is 0 Å². The minimum Gasteiger partial charge on any atom is -0.286 e. The van der Waals surface area contributed by atoms with Gasteiger partial charge < -0.3 is 0 Å². The van der Waals surface area contributed by atoms with E-state index in [1.165, 1.54) is 12.8 Å². The summed E-state index contributed by atoms with van der Waals surface area (Å²) in [5.74, 6) is 6.80. The molecule has 2 aromatic rings. The van der Waals surface area contributed by atoms with Crippen LogP contribution < -0.4 is 5.43 Å². The number of aromatic nitrogens is 2. The lowest BCUT2D eigenvalue weighted by molar-refractivity contribution is 0.565. The topological polar surface area (TPSA) is 34.9 Å². The second-order valence-electron chi connectivity index (χ2n) is 6.82. The van der Waals surface area contributed by atoms with Crippen molar-refractivity contribution in [3.8, 4) is 11.8 Å². The van der Waals surface area contributed by atoms with Gasteiger partial charge in [0, 0.05) is 12.0 Å². The van der Waals surface area contributed by atoms with Crippen LogP contribution in [-0.2, 0) is 6.54 Å². The molecule has 0 saturated heterocycles. The third kappa shape index (κ3) is 3.16. The van der Waals surface area contributed by atoms with Gasteiger partial charge in [0.05, 0.1) is 10.9 Å². The fourth-order valence-electron chi connectivity index (χ4n) is 2.25. The van der Waals surface area contributed by atoms with E-state index in [2.05, 4.69) is 16.9 Å². The van der Waals surface area contributed by atoms with Crippen LogP contribution in [-0.4, -0.2) is 9.78 Å². The lowest BCUT2D eigenvalue weighted by Crippen LogP contribution is -2.18. The largest absolute Gasteiger partial charge is 0.286 e. The summed E-state index contributed by atoms with van der Waals surface area (Å²) in [6, 6.07) is 7.68. The maximum absolute atomic E-state index is 12.5. The Bertz CT molecular complexity index is 796. The molecular weight excluding hydrogens is 260 g/mol. The lowest BCUT2D eigenvalue weighted by Gasteiger charge is -2.10. The zero-order valence-electron chi connectivity index (χ0n) is 12.8. The maximum Gasteiger partial charge on any atom is 0.223 e. The second kappa shape index (κ2) is 5.04. The van der Waals surface area contributed by atoms with Crippen LogP contribution >= 0.6 is 0 Å². The summed E-state index contributed by atoms with van der Waals surface area (Å²) >= 11 is 0. The van der Waals surface area contributed by atoms with Gasteiger partial charge in [-0.2, -0.15) is 5.10 Å². The van der Waals surface area contributed by atoms with Gasteiger partial charge in [-0.15, -0.1) is 0 Å². The summed E-state index contributed by atoms with van der Waals surface area (Å²) in [4.78, 5) is 12.5. The summed E-state index contributed by atoms with van der Waals surface area (Å²) in [5, 5.41) is 5.23. The highest BCUT2D eigenvalue weighted by Crippen LogP contribution is 2.31. The molecule has 1 heterocycles. The zero-order valence-corrected chi connectivity index (χ0v) is 12.8. The van der Waals surface area contributed by atoms with Crippen molar-refractivity contribution in [1.82, 2.24) is 9.78 Å². The van der Waals surface area contributed by atoms with Crippen molar-refractivity contribution in [1.29, 1.82) is 0 Å². The molecular formula is C18H20N2O. The van der Waals surface area contributed by atoms with Crippen LogP contribution in [0.1, 0.15) is 39.3 Å². The Morgan fingerprint density at radius 1 is 1.29 bits per heavy atom. The zero-order chi connectivity index (χ0) is 15.0. The van der Waals surface area contributed by atoms with Crippen molar-refractivity contribution in [2.24, 2.45) is 11.3 Å². The van der Waals surface area contributed by atoms with Crippen molar-refractivity contribution in [2.45, 2.75) is 40.2 Å². The van der Waals surface area contributed by atoms with Gasteiger partial charge in [0.1, 0.15) is 0 Å². The van der Waals surface area contributed by atoms with Crippen LogP contribution in [0.5, 0.6) is 0 Å². The van der Waals surface area contributed by atoms with Gasteiger partial charge in [-0.3, -0.25) is 9.48 Å². The Labute approximate surface area is 125 Å². The fraction of sp³-hybridized carbons (Fsp3) is 0.444. The van der Waals surface area contributed by atoms with Crippen molar-refractivity contribution >= 4 is 10.9 Å². The number of hydrogen-bond acceptors (Lipinski definition) is 2. The Hall–Kier alpha value is -2.08. The SMILES string of the molecule is CC(C)(C)C#Cc1nn(CC2CC2)c2ccccc2c1=O. The van der Waals surface area contributed by atoms with Gasteiger partial charge >= 0.3 is 0 Å². The molecule has 1 fully saturated rings. The predicted octanol–water partition coefficient (Wildman–Crippen LogP) is 3.20. The highest BCUT2D eigenvalue weighted by Gasteiger charge is 2.23. The van der Waals surface area contributed by atoms with E-state index in [4.69, 9.17) is 0 Å². The van der Waals surface area contributed by atoms with Crippen molar-refractivity contribution < 1.29 is 0 Å². The molecule has 1 aliphatic carbocycles. The molecule has 0 N–H and O–H groups in total. The van der Waals surface area contributed by atoms with Gasteiger partial charge in [0.15, 0.2) is 5.69 Å². The van der Waals surface area contributed by atoms with Crippen LogP contribution in [0.4, 0.5) is 0 Å². The van der Waals surface area contributed by atoms with Crippen LogP contribution in [0.3, 0.4) is 0 Å². The predicted molar refractivity (Wildman–Crippen MR) is 85.1 cm³/mol. The summed E-state index contributed by atoms with van der Waals surface area (Å²) < 4.78 is 1.96. The number of fused-ring (bicyclic) bond motifs is 1. The van der Waals surface area contributed by atoms with Crippen LogP contribution in [0.2, 0.25) is 0 Å². The van der Waals surface area contributed by atoms with Gasteiger partial charge in [0.25, 0.3) is 0 Å². The Balaban J connectivity index is 2.17. The molecule has 1 aliphatic rings. The summed E-state index contributed by atoms with van der Waals surface area (Å²) in [7, 11) is 0. The summed E-state index contributed by atoms with van der Waals surface area (Å²) in [6.45, 7) is 6.97. The molecule has 1 aromatic heterocycles. The van der Waals surface area contributed by atoms with Crippen LogP contribution in [0.15, 0.2) is 29.1 Å². The first kappa shape index (κ1) is 13.9. The van der Waals surface area contributed by atoms with E-state index in [1.54, 1.807) is 0 Å². The second-order valence-corrected chi connectivity index (χ2v) is 6.82. The molecule has 1 saturated carbocycles. The smallest absolute Gasteiger partial charge is 0.223 e. The molecule has 3 nitrogen and oxygen atoms in total. The Morgan fingerprint density at radius 3 is 2.67 bits per heavy atom. The molecule has 0 unspecified atom stereocenters. The van der Waals surface area contributed by atoms with Gasteiger partial charge in [-0.1, -0.05) is 18.1 Å².